The summed E-state index contributed by atoms with van der Waals surface area (Å²) in [6.45, 7) is 6.33. The van der Waals surface area contributed by atoms with Crippen molar-refractivity contribution in [1.82, 2.24) is 19.8 Å². The van der Waals surface area contributed by atoms with E-state index in [2.05, 4.69) is 37.5 Å². The molecule has 4 aromatic rings. The van der Waals surface area contributed by atoms with Crippen molar-refractivity contribution in [3.05, 3.63) is 53.2 Å². The highest BCUT2D eigenvalue weighted by Gasteiger charge is 2.21. The number of fused-ring (bicyclic) bond motifs is 1. The molecule has 0 amide bonds. The number of hydrogen-bond donors (Lipinski definition) is 0. The van der Waals surface area contributed by atoms with E-state index >= 15 is 0 Å². The number of piperazine rings is 1. The number of rotatable bonds is 5. The molecule has 0 radical (unpaired) electrons. The van der Waals surface area contributed by atoms with Gasteiger partial charge in [-0.05, 0) is 42.6 Å². The fourth-order valence-electron chi connectivity index (χ4n) is 3.69. The van der Waals surface area contributed by atoms with Gasteiger partial charge in [-0.25, -0.2) is 0 Å². The van der Waals surface area contributed by atoms with E-state index in [1.165, 1.54) is 0 Å². The Balaban J connectivity index is 1.36. The van der Waals surface area contributed by atoms with Crippen LogP contribution in [0.2, 0.25) is 0 Å². The average Bonchev–Trinajstić information content (AvgIpc) is 3.44. The maximum atomic E-state index is 5.81. The predicted octanol–water partition coefficient (Wildman–Crippen LogP) is 3.58. The fraction of sp³-hybridized carbons (Fsp3) is 0.286. The second-order valence-electron chi connectivity index (χ2n) is 6.87. The molecule has 29 heavy (non-hydrogen) atoms. The third-order valence-corrected chi connectivity index (χ3v) is 5.82. The molecule has 1 aliphatic heterocycles. The topological polar surface area (TPSA) is 58.8 Å². The maximum Gasteiger partial charge on any atom is 0.186 e. The van der Waals surface area contributed by atoms with Crippen LogP contribution in [0, 0.1) is 0 Å². The Bertz CT molecular complexity index is 1100. The Morgan fingerprint density at radius 1 is 0.966 bits per heavy atom. The number of benzene rings is 1. The summed E-state index contributed by atoms with van der Waals surface area (Å²) in [5.41, 5.74) is 2.97. The Morgan fingerprint density at radius 3 is 2.59 bits per heavy atom. The van der Waals surface area contributed by atoms with Gasteiger partial charge in [-0.15, -0.1) is 15.3 Å². The minimum atomic E-state index is 0.673. The van der Waals surface area contributed by atoms with Gasteiger partial charge < -0.3 is 14.5 Å². The van der Waals surface area contributed by atoms with E-state index < -0.39 is 0 Å². The summed E-state index contributed by atoms with van der Waals surface area (Å²) in [4.78, 5) is 4.70. The molecule has 0 atom stereocenters. The van der Waals surface area contributed by atoms with Crippen LogP contribution in [0.1, 0.15) is 6.92 Å². The van der Waals surface area contributed by atoms with Gasteiger partial charge in [0, 0.05) is 37.1 Å². The Hall–Kier alpha value is -3.13. The van der Waals surface area contributed by atoms with Gasteiger partial charge in [-0.2, -0.15) is 15.9 Å². The molecule has 5 rings (SSSR count). The van der Waals surface area contributed by atoms with E-state index in [0.717, 1.165) is 60.5 Å². The van der Waals surface area contributed by atoms with Crippen molar-refractivity contribution in [3.8, 4) is 17.1 Å². The van der Waals surface area contributed by atoms with Gasteiger partial charge in [0.05, 0.1) is 12.3 Å². The number of anilines is 2. The predicted molar refractivity (Wildman–Crippen MR) is 116 cm³/mol. The van der Waals surface area contributed by atoms with Crippen molar-refractivity contribution in [2.24, 2.45) is 0 Å². The molecule has 148 valence electrons. The number of nitrogens with zero attached hydrogens (tertiary/aromatic N) is 6. The average molecular weight is 407 g/mol. The normalized spacial score (nSPS) is 14.5. The fourth-order valence-corrected chi connectivity index (χ4v) is 4.33. The first-order valence-corrected chi connectivity index (χ1v) is 10.7. The van der Waals surface area contributed by atoms with E-state index in [1.807, 2.05) is 47.2 Å². The van der Waals surface area contributed by atoms with Crippen LogP contribution in [0.25, 0.3) is 17.0 Å². The van der Waals surface area contributed by atoms with Crippen molar-refractivity contribution in [2.75, 3.05) is 42.6 Å². The smallest absolute Gasteiger partial charge is 0.186 e. The van der Waals surface area contributed by atoms with E-state index in [1.54, 1.807) is 11.3 Å². The molecule has 1 aromatic carbocycles. The van der Waals surface area contributed by atoms with Gasteiger partial charge in [0.25, 0.3) is 0 Å². The monoisotopic (exact) mass is 406 g/mol. The van der Waals surface area contributed by atoms with Gasteiger partial charge >= 0.3 is 0 Å². The maximum absolute atomic E-state index is 5.81. The zero-order valence-electron chi connectivity index (χ0n) is 16.2. The van der Waals surface area contributed by atoms with Gasteiger partial charge in [0.15, 0.2) is 11.5 Å². The molecular formula is C21H22N6OS. The van der Waals surface area contributed by atoms with Crippen LogP contribution in [0.3, 0.4) is 0 Å². The lowest BCUT2D eigenvalue weighted by Gasteiger charge is -2.37. The highest BCUT2D eigenvalue weighted by Crippen LogP contribution is 2.29. The summed E-state index contributed by atoms with van der Waals surface area (Å²) in [5, 5.41) is 17.5. The molecule has 0 saturated carbocycles. The van der Waals surface area contributed by atoms with Crippen LogP contribution in [0.15, 0.2) is 53.2 Å². The first-order valence-electron chi connectivity index (χ1n) is 9.80. The van der Waals surface area contributed by atoms with Gasteiger partial charge in [-0.3, -0.25) is 0 Å². The minimum Gasteiger partial charge on any atom is -0.492 e. The summed E-state index contributed by atoms with van der Waals surface area (Å²) in [6, 6.07) is 14.3. The van der Waals surface area contributed by atoms with Gasteiger partial charge in [-0.1, -0.05) is 12.1 Å². The summed E-state index contributed by atoms with van der Waals surface area (Å²) >= 11 is 1.65. The quantitative estimate of drug-likeness (QED) is 0.505. The molecule has 1 saturated heterocycles. The first kappa shape index (κ1) is 17.9. The lowest BCUT2D eigenvalue weighted by atomic mass is 10.2. The number of hydrogen-bond acceptors (Lipinski definition) is 7. The highest BCUT2D eigenvalue weighted by atomic mass is 32.1. The molecular weight excluding hydrogens is 384 g/mol. The molecule has 4 heterocycles. The number of thiophene rings is 1. The van der Waals surface area contributed by atoms with Gasteiger partial charge in [0.2, 0.25) is 0 Å². The Labute approximate surface area is 173 Å². The molecule has 3 aromatic heterocycles. The van der Waals surface area contributed by atoms with Crippen molar-refractivity contribution in [1.29, 1.82) is 0 Å². The second kappa shape index (κ2) is 7.71. The second-order valence-corrected chi connectivity index (χ2v) is 7.65. The third-order valence-electron chi connectivity index (χ3n) is 5.14. The number of para-hydroxylation sites is 2. The van der Waals surface area contributed by atoms with E-state index in [-0.39, 0.29) is 0 Å². The van der Waals surface area contributed by atoms with Crippen LogP contribution >= 0.6 is 11.3 Å². The zero-order chi connectivity index (χ0) is 19.6. The van der Waals surface area contributed by atoms with Crippen molar-refractivity contribution >= 4 is 28.5 Å². The van der Waals surface area contributed by atoms with E-state index in [0.29, 0.717) is 6.61 Å². The zero-order valence-corrected chi connectivity index (χ0v) is 17.0. The third kappa shape index (κ3) is 3.40. The molecule has 0 unspecified atom stereocenters. The van der Waals surface area contributed by atoms with Crippen LogP contribution in [0.4, 0.5) is 11.5 Å². The lowest BCUT2D eigenvalue weighted by molar-refractivity contribution is 0.340. The molecule has 1 aliphatic rings. The van der Waals surface area contributed by atoms with Crippen molar-refractivity contribution < 1.29 is 4.74 Å². The van der Waals surface area contributed by atoms with E-state index in [4.69, 9.17) is 9.84 Å². The van der Waals surface area contributed by atoms with Crippen molar-refractivity contribution in [2.45, 2.75) is 6.92 Å². The highest BCUT2D eigenvalue weighted by molar-refractivity contribution is 7.08. The lowest BCUT2D eigenvalue weighted by Crippen LogP contribution is -2.47. The van der Waals surface area contributed by atoms with Gasteiger partial charge in [0.1, 0.15) is 11.6 Å². The van der Waals surface area contributed by atoms with Crippen molar-refractivity contribution in [3.63, 3.8) is 0 Å². The summed E-state index contributed by atoms with van der Waals surface area (Å²) in [7, 11) is 0. The van der Waals surface area contributed by atoms with E-state index in [9.17, 15) is 0 Å². The molecule has 8 heteroatoms. The Morgan fingerprint density at radius 2 is 1.79 bits per heavy atom. The minimum absolute atomic E-state index is 0.673. The molecule has 0 N–H and O–H groups in total. The molecule has 1 fully saturated rings. The molecule has 7 nitrogen and oxygen atoms in total. The SMILES string of the molecule is CCOc1ccccc1N1CCN(c2ccc3nnc(-c4ccsc4)n3n2)CC1. The largest absolute Gasteiger partial charge is 0.492 e. The molecule has 0 spiro atoms. The standard InChI is InChI=1S/C21H22N6OS/c1-2-28-18-6-4-3-5-17(18)25-10-12-26(13-11-25)20-8-7-19-22-23-21(27(19)24-20)16-9-14-29-15-16/h3-9,14-15H,2,10-13H2,1H3. The van der Waals surface area contributed by atoms with Crippen LogP contribution < -0.4 is 14.5 Å². The summed E-state index contributed by atoms with van der Waals surface area (Å²) in [5.74, 6) is 2.69. The van der Waals surface area contributed by atoms with Crippen LogP contribution in [-0.4, -0.2) is 52.6 Å². The first-order chi connectivity index (χ1) is 14.3. The molecule has 0 aliphatic carbocycles. The Kier molecular flexibility index (Phi) is 4.77. The number of aromatic nitrogens is 4. The number of ether oxygens (including phenoxy) is 1. The molecule has 0 bridgehead atoms. The summed E-state index contributed by atoms with van der Waals surface area (Å²) in [6.07, 6.45) is 0. The summed E-state index contributed by atoms with van der Waals surface area (Å²) < 4.78 is 7.65. The van der Waals surface area contributed by atoms with Crippen LogP contribution in [0.5, 0.6) is 5.75 Å². The van der Waals surface area contributed by atoms with Crippen LogP contribution in [-0.2, 0) is 0 Å².